The Morgan fingerprint density at radius 2 is 2.45 bits per heavy atom. The summed E-state index contributed by atoms with van der Waals surface area (Å²) in [6, 6.07) is 4.10. The molecule has 0 saturated heterocycles. The van der Waals surface area contributed by atoms with Crippen LogP contribution < -0.4 is 10.3 Å². The van der Waals surface area contributed by atoms with Crippen LogP contribution in [0.4, 0.5) is 10.1 Å². The second kappa shape index (κ2) is 2.23. The summed E-state index contributed by atoms with van der Waals surface area (Å²) in [6.07, 6.45) is 2.39. The van der Waals surface area contributed by atoms with E-state index in [1.165, 1.54) is 18.2 Å². The maximum absolute atomic E-state index is 12.5. The number of nitrogens with zero attached hydrogens (tertiary/aromatic N) is 1. The van der Waals surface area contributed by atoms with E-state index in [0.717, 1.165) is 0 Å². The zero-order valence-corrected chi connectivity index (χ0v) is 5.47. The molecule has 1 aromatic carbocycles. The maximum atomic E-state index is 12.5. The SMILES string of the molecule is Fc1ccc2c(c1)ON[C]=N2. The Balaban J connectivity index is 2.53. The molecule has 55 valence electrons. The van der Waals surface area contributed by atoms with Crippen molar-refractivity contribution >= 4 is 12.0 Å². The molecule has 1 aromatic rings. The molecule has 1 heterocycles. The molecule has 11 heavy (non-hydrogen) atoms. The van der Waals surface area contributed by atoms with Gasteiger partial charge in [0.2, 0.25) is 6.34 Å². The van der Waals surface area contributed by atoms with Crippen LogP contribution in [0.1, 0.15) is 0 Å². The lowest BCUT2D eigenvalue weighted by Crippen LogP contribution is -2.18. The van der Waals surface area contributed by atoms with Gasteiger partial charge in [0.25, 0.3) is 0 Å². The van der Waals surface area contributed by atoms with Gasteiger partial charge in [-0.05, 0) is 12.1 Å². The number of hydrogen-bond donors (Lipinski definition) is 1. The highest BCUT2D eigenvalue weighted by atomic mass is 19.1. The summed E-state index contributed by atoms with van der Waals surface area (Å²) in [5.74, 6) is 0.0337. The minimum Gasteiger partial charge on any atom is -0.378 e. The van der Waals surface area contributed by atoms with Crippen molar-refractivity contribution < 1.29 is 9.23 Å². The summed E-state index contributed by atoms with van der Waals surface area (Å²) in [6.45, 7) is 0. The first kappa shape index (κ1) is 6.15. The molecule has 0 fully saturated rings. The number of hydrogen-bond acceptors (Lipinski definition) is 3. The molecule has 0 spiro atoms. The van der Waals surface area contributed by atoms with Gasteiger partial charge in [-0.3, -0.25) is 0 Å². The molecule has 1 N–H and O–H groups in total. The third kappa shape index (κ3) is 1.02. The van der Waals surface area contributed by atoms with Gasteiger partial charge >= 0.3 is 0 Å². The molecule has 0 aliphatic carbocycles. The van der Waals surface area contributed by atoms with Crippen LogP contribution in [-0.4, -0.2) is 6.34 Å². The molecular formula is C7H4FN2O. The van der Waals surface area contributed by atoms with E-state index in [2.05, 4.69) is 16.8 Å². The van der Waals surface area contributed by atoms with Gasteiger partial charge in [-0.2, -0.15) is 5.48 Å². The van der Waals surface area contributed by atoms with Crippen molar-refractivity contribution in [1.82, 2.24) is 5.48 Å². The van der Waals surface area contributed by atoms with E-state index in [4.69, 9.17) is 4.84 Å². The zero-order valence-electron chi connectivity index (χ0n) is 5.47. The van der Waals surface area contributed by atoms with E-state index in [1.54, 1.807) is 0 Å². The number of fused-ring (bicyclic) bond motifs is 1. The van der Waals surface area contributed by atoms with E-state index >= 15 is 0 Å². The number of nitrogens with one attached hydrogen (secondary N) is 1. The first-order chi connectivity index (χ1) is 5.36. The highest BCUT2D eigenvalue weighted by molar-refractivity contribution is 5.66. The predicted octanol–water partition coefficient (Wildman–Crippen LogP) is 1.26. The summed E-state index contributed by atoms with van der Waals surface area (Å²) in [4.78, 5) is 8.59. The molecule has 1 radical (unpaired) electrons. The molecule has 1 aliphatic rings. The summed E-state index contributed by atoms with van der Waals surface area (Å²) in [5, 5.41) is 0. The normalized spacial score (nSPS) is 13.2. The fourth-order valence-corrected chi connectivity index (χ4v) is 0.823. The van der Waals surface area contributed by atoms with Crippen LogP contribution in [0.3, 0.4) is 0 Å². The molecule has 0 bridgehead atoms. The first-order valence-electron chi connectivity index (χ1n) is 3.03. The predicted molar refractivity (Wildman–Crippen MR) is 37.3 cm³/mol. The van der Waals surface area contributed by atoms with Crippen LogP contribution in [0, 0.1) is 5.82 Å². The summed E-state index contributed by atoms with van der Waals surface area (Å²) < 4.78 is 12.5. The van der Waals surface area contributed by atoms with E-state index in [9.17, 15) is 4.39 Å². The highest BCUT2D eigenvalue weighted by Crippen LogP contribution is 2.28. The van der Waals surface area contributed by atoms with Crippen molar-refractivity contribution in [2.45, 2.75) is 0 Å². The number of rotatable bonds is 0. The molecule has 2 rings (SSSR count). The Labute approximate surface area is 62.5 Å². The van der Waals surface area contributed by atoms with Crippen molar-refractivity contribution in [1.29, 1.82) is 0 Å². The second-order valence-electron chi connectivity index (χ2n) is 2.04. The summed E-state index contributed by atoms with van der Waals surface area (Å²) in [5.41, 5.74) is 2.86. The van der Waals surface area contributed by atoms with Gasteiger partial charge in [0.1, 0.15) is 11.5 Å². The van der Waals surface area contributed by atoms with Crippen molar-refractivity contribution in [3.63, 3.8) is 0 Å². The maximum Gasteiger partial charge on any atom is 0.206 e. The van der Waals surface area contributed by atoms with Gasteiger partial charge in [0.05, 0.1) is 0 Å². The van der Waals surface area contributed by atoms with Crippen LogP contribution in [0.15, 0.2) is 23.2 Å². The monoisotopic (exact) mass is 151 g/mol. The lowest BCUT2D eigenvalue weighted by Gasteiger charge is -2.09. The number of benzene rings is 1. The summed E-state index contributed by atoms with van der Waals surface area (Å²) in [7, 11) is 0. The van der Waals surface area contributed by atoms with E-state index in [0.29, 0.717) is 11.4 Å². The Bertz CT molecular complexity index is 311. The van der Waals surface area contributed by atoms with Gasteiger partial charge in [0, 0.05) is 6.07 Å². The molecule has 0 unspecified atom stereocenters. The van der Waals surface area contributed by atoms with E-state index in [-0.39, 0.29) is 5.82 Å². The second-order valence-corrected chi connectivity index (χ2v) is 2.04. The zero-order chi connectivity index (χ0) is 7.68. The van der Waals surface area contributed by atoms with E-state index < -0.39 is 0 Å². The first-order valence-corrected chi connectivity index (χ1v) is 3.03. The highest BCUT2D eigenvalue weighted by Gasteiger charge is 2.07. The summed E-state index contributed by atoms with van der Waals surface area (Å²) >= 11 is 0. The van der Waals surface area contributed by atoms with Gasteiger partial charge < -0.3 is 4.84 Å². The Morgan fingerprint density at radius 1 is 1.55 bits per heavy atom. The third-order valence-electron chi connectivity index (χ3n) is 1.30. The Morgan fingerprint density at radius 3 is 3.36 bits per heavy atom. The van der Waals surface area contributed by atoms with Crippen LogP contribution in [0.5, 0.6) is 5.75 Å². The van der Waals surface area contributed by atoms with Crippen LogP contribution in [-0.2, 0) is 0 Å². The molecule has 0 aromatic heterocycles. The van der Waals surface area contributed by atoms with Gasteiger partial charge in [-0.1, -0.05) is 0 Å². The van der Waals surface area contributed by atoms with Crippen LogP contribution in [0.25, 0.3) is 0 Å². The Kier molecular flexibility index (Phi) is 1.25. The minimum absolute atomic E-state index is 0.345. The van der Waals surface area contributed by atoms with Gasteiger partial charge in [-0.25, -0.2) is 9.38 Å². The average molecular weight is 151 g/mol. The number of halogens is 1. The lowest BCUT2D eigenvalue weighted by atomic mass is 10.3. The van der Waals surface area contributed by atoms with Crippen LogP contribution in [0.2, 0.25) is 0 Å². The molecule has 4 heteroatoms. The number of aliphatic imine (C=N–C) groups is 1. The van der Waals surface area contributed by atoms with Crippen molar-refractivity contribution in [3.8, 4) is 5.75 Å². The average Bonchev–Trinajstić information content (AvgIpc) is 2.04. The van der Waals surface area contributed by atoms with Crippen molar-refractivity contribution in [3.05, 3.63) is 24.0 Å². The van der Waals surface area contributed by atoms with Crippen molar-refractivity contribution in [2.75, 3.05) is 0 Å². The van der Waals surface area contributed by atoms with E-state index in [1.807, 2.05) is 0 Å². The molecular weight excluding hydrogens is 147 g/mol. The molecule has 3 nitrogen and oxygen atoms in total. The Hall–Kier alpha value is -1.58. The standard InChI is InChI=1S/C7H4FN2O/c8-5-1-2-6-7(3-5)11-10-4-9-6/h1-3H,(H,9,10). The van der Waals surface area contributed by atoms with Crippen molar-refractivity contribution in [2.24, 2.45) is 4.99 Å². The topological polar surface area (TPSA) is 33.6 Å². The molecule has 0 atom stereocenters. The molecule has 0 saturated carbocycles. The lowest BCUT2D eigenvalue weighted by molar-refractivity contribution is 0.262. The van der Waals surface area contributed by atoms with Crippen LogP contribution >= 0.6 is 0 Å². The molecule has 1 aliphatic heterocycles. The molecule has 0 amide bonds. The van der Waals surface area contributed by atoms with Gasteiger partial charge in [-0.15, -0.1) is 0 Å². The largest absolute Gasteiger partial charge is 0.378 e. The smallest absolute Gasteiger partial charge is 0.206 e. The number of hydroxylamine groups is 1. The fourth-order valence-electron chi connectivity index (χ4n) is 0.823. The van der Waals surface area contributed by atoms with Gasteiger partial charge in [0.15, 0.2) is 5.75 Å². The fraction of sp³-hybridized carbons (Fsp3) is 0. The quantitative estimate of drug-likeness (QED) is 0.605. The third-order valence-corrected chi connectivity index (χ3v) is 1.30. The minimum atomic E-state index is -0.345.